The molecule has 0 aliphatic carbocycles. The number of methoxy groups -OCH3 is 2. The van der Waals surface area contributed by atoms with Gasteiger partial charge >= 0.3 is 0 Å². The summed E-state index contributed by atoms with van der Waals surface area (Å²) < 4.78 is 23.8. The first-order valence-corrected chi connectivity index (χ1v) is 9.10. The van der Waals surface area contributed by atoms with E-state index in [1.54, 1.807) is 42.4 Å². The van der Waals surface area contributed by atoms with E-state index >= 15 is 0 Å². The minimum absolute atomic E-state index is 0.171. The molecule has 1 N–H and O–H groups in total. The molecule has 1 atom stereocenters. The van der Waals surface area contributed by atoms with E-state index in [2.05, 4.69) is 10.4 Å². The van der Waals surface area contributed by atoms with Crippen LogP contribution in [0, 0.1) is 0 Å². The van der Waals surface area contributed by atoms with Gasteiger partial charge in [0.05, 0.1) is 38.2 Å². The van der Waals surface area contributed by atoms with E-state index in [0.717, 1.165) is 11.5 Å². The van der Waals surface area contributed by atoms with E-state index in [-0.39, 0.29) is 12.0 Å². The molecule has 1 amide bonds. The van der Waals surface area contributed by atoms with Crippen molar-refractivity contribution in [1.29, 1.82) is 0 Å². The average Bonchev–Trinajstić information content (AvgIpc) is 3.19. The van der Waals surface area contributed by atoms with Crippen molar-refractivity contribution in [2.24, 2.45) is 0 Å². The number of hydrogen-bond donors (Lipinski definition) is 1. The third-order valence-corrected chi connectivity index (χ3v) is 4.50. The maximum atomic E-state index is 12.6. The lowest BCUT2D eigenvalue weighted by molar-refractivity contribution is 0.0759. The molecule has 1 aromatic heterocycles. The second-order valence-corrected chi connectivity index (χ2v) is 6.47. The second kappa shape index (κ2) is 8.14. The average molecular weight is 395 g/mol. The molecular weight excluding hydrogens is 374 g/mol. The summed E-state index contributed by atoms with van der Waals surface area (Å²) in [5.74, 6) is 2.21. The summed E-state index contributed by atoms with van der Waals surface area (Å²) in [5, 5.41) is 7.13. The van der Waals surface area contributed by atoms with Crippen molar-refractivity contribution < 1.29 is 23.7 Å². The number of nitrogens with zero attached hydrogens (tertiary/aromatic N) is 2. The zero-order chi connectivity index (χ0) is 20.2. The van der Waals surface area contributed by atoms with Crippen molar-refractivity contribution >= 4 is 11.6 Å². The second-order valence-electron chi connectivity index (χ2n) is 6.47. The number of ether oxygens (including phenoxy) is 4. The maximum Gasteiger partial charge on any atom is 0.259 e. The molecule has 8 heteroatoms. The van der Waals surface area contributed by atoms with Crippen LogP contribution in [0.3, 0.4) is 0 Å². The molecule has 4 rings (SSSR count). The van der Waals surface area contributed by atoms with Crippen molar-refractivity contribution in [3.63, 3.8) is 0 Å². The lowest BCUT2D eigenvalue weighted by atomic mass is 10.1. The molecule has 0 saturated carbocycles. The van der Waals surface area contributed by atoms with E-state index in [0.29, 0.717) is 35.9 Å². The zero-order valence-electron chi connectivity index (χ0n) is 16.1. The van der Waals surface area contributed by atoms with E-state index in [9.17, 15) is 4.79 Å². The van der Waals surface area contributed by atoms with Crippen molar-refractivity contribution in [2.45, 2.75) is 12.6 Å². The molecule has 1 aliphatic heterocycles. The summed E-state index contributed by atoms with van der Waals surface area (Å²) in [4.78, 5) is 12.6. The molecule has 29 heavy (non-hydrogen) atoms. The number of aromatic nitrogens is 2. The highest BCUT2D eigenvalue weighted by Crippen LogP contribution is 2.31. The highest BCUT2D eigenvalue weighted by atomic mass is 16.6. The minimum Gasteiger partial charge on any atom is -0.497 e. The molecule has 0 saturated heterocycles. The van der Waals surface area contributed by atoms with Gasteiger partial charge in [-0.15, -0.1) is 0 Å². The number of carbonyl (C=O) groups is 1. The van der Waals surface area contributed by atoms with Gasteiger partial charge in [-0.1, -0.05) is 12.1 Å². The highest BCUT2D eigenvalue weighted by molar-refractivity contribution is 6.06. The number of para-hydroxylation sites is 2. The summed E-state index contributed by atoms with van der Waals surface area (Å²) in [6.45, 7) is 0.928. The Kier molecular flexibility index (Phi) is 5.24. The molecule has 0 spiro atoms. The summed E-state index contributed by atoms with van der Waals surface area (Å²) in [7, 11) is 3.07. The Bertz CT molecular complexity index is 1020. The van der Waals surface area contributed by atoms with Crippen LogP contribution in [-0.2, 0) is 6.54 Å². The van der Waals surface area contributed by atoms with Crippen LogP contribution in [0.4, 0.5) is 5.69 Å². The quantitative estimate of drug-likeness (QED) is 0.691. The van der Waals surface area contributed by atoms with Gasteiger partial charge in [-0.2, -0.15) is 5.10 Å². The number of fused-ring (bicyclic) bond motifs is 1. The lowest BCUT2D eigenvalue weighted by Gasteiger charge is -2.26. The molecule has 1 unspecified atom stereocenters. The first-order valence-electron chi connectivity index (χ1n) is 9.10. The van der Waals surface area contributed by atoms with Gasteiger partial charge in [-0.05, 0) is 24.3 Å². The van der Waals surface area contributed by atoms with E-state index < -0.39 is 0 Å². The molecule has 0 radical (unpaired) electrons. The predicted octanol–water partition coefficient (Wildman–Crippen LogP) is 2.99. The van der Waals surface area contributed by atoms with E-state index in [4.69, 9.17) is 18.9 Å². The number of nitrogens with one attached hydrogen (secondary N) is 1. The number of anilines is 1. The molecule has 3 aromatic rings. The van der Waals surface area contributed by atoms with Crippen molar-refractivity contribution in [3.05, 3.63) is 60.4 Å². The number of carbonyl (C=O) groups excluding carboxylic acids is 1. The van der Waals surface area contributed by atoms with Crippen molar-refractivity contribution in [2.75, 3.05) is 26.1 Å². The predicted molar refractivity (Wildman–Crippen MR) is 106 cm³/mol. The molecule has 0 fully saturated rings. The highest BCUT2D eigenvalue weighted by Gasteiger charge is 2.21. The van der Waals surface area contributed by atoms with Crippen LogP contribution in [-0.4, -0.2) is 42.6 Å². The molecule has 0 bridgehead atoms. The zero-order valence-corrected chi connectivity index (χ0v) is 16.1. The van der Waals surface area contributed by atoms with Gasteiger partial charge in [0.1, 0.15) is 18.1 Å². The first-order chi connectivity index (χ1) is 14.2. The van der Waals surface area contributed by atoms with Crippen LogP contribution in [0.25, 0.3) is 0 Å². The number of rotatable bonds is 6. The van der Waals surface area contributed by atoms with Crippen LogP contribution in [0.1, 0.15) is 10.4 Å². The fourth-order valence-electron chi connectivity index (χ4n) is 3.07. The van der Waals surface area contributed by atoms with Crippen LogP contribution >= 0.6 is 0 Å². The summed E-state index contributed by atoms with van der Waals surface area (Å²) in [6, 6.07) is 12.6. The van der Waals surface area contributed by atoms with Gasteiger partial charge in [-0.25, -0.2) is 0 Å². The van der Waals surface area contributed by atoms with Crippen molar-refractivity contribution in [3.8, 4) is 23.0 Å². The van der Waals surface area contributed by atoms with Crippen LogP contribution in [0.2, 0.25) is 0 Å². The molecule has 8 nitrogen and oxygen atoms in total. The molecule has 2 aromatic carbocycles. The van der Waals surface area contributed by atoms with Crippen LogP contribution < -0.4 is 24.3 Å². The summed E-state index contributed by atoms with van der Waals surface area (Å²) >= 11 is 0. The fourth-order valence-corrected chi connectivity index (χ4v) is 3.07. The van der Waals surface area contributed by atoms with E-state index in [1.165, 1.54) is 7.11 Å². The monoisotopic (exact) mass is 395 g/mol. The van der Waals surface area contributed by atoms with Gasteiger partial charge in [-0.3, -0.25) is 9.48 Å². The van der Waals surface area contributed by atoms with Gasteiger partial charge < -0.3 is 24.3 Å². The van der Waals surface area contributed by atoms with Gasteiger partial charge in [0.25, 0.3) is 5.91 Å². The maximum absolute atomic E-state index is 12.6. The molecule has 150 valence electrons. The Morgan fingerprint density at radius 3 is 2.83 bits per heavy atom. The number of amides is 1. The fraction of sp³-hybridized carbons (Fsp3) is 0.238. The summed E-state index contributed by atoms with van der Waals surface area (Å²) in [6.07, 6.45) is 3.17. The van der Waals surface area contributed by atoms with Crippen LogP contribution in [0.15, 0.2) is 54.9 Å². The minimum atomic E-state index is -0.296. The third kappa shape index (κ3) is 4.11. The Labute approximate surface area is 168 Å². The van der Waals surface area contributed by atoms with Crippen LogP contribution in [0.5, 0.6) is 23.0 Å². The molecular formula is C21H21N3O5. The van der Waals surface area contributed by atoms with Gasteiger partial charge in [0, 0.05) is 12.3 Å². The van der Waals surface area contributed by atoms with Crippen molar-refractivity contribution in [1.82, 2.24) is 9.78 Å². The number of benzene rings is 2. The number of hydrogen-bond acceptors (Lipinski definition) is 6. The Balaban J connectivity index is 1.40. The Hall–Kier alpha value is -3.68. The standard InChI is InChI=1S/C21H21N3O5/c1-26-15-7-8-17(20(9-15)27-2)21(25)23-14-10-22-24(11-14)12-16-13-28-18-5-3-4-6-19(18)29-16/h3-11,16H,12-13H2,1-2H3,(H,23,25). The molecule has 1 aliphatic rings. The smallest absolute Gasteiger partial charge is 0.259 e. The topological polar surface area (TPSA) is 83.8 Å². The van der Waals surface area contributed by atoms with E-state index in [1.807, 2.05) is 24.3 Å². The SMILES string of the molecule is COc1ccc(C(=O)Nc2cnn(CC3COc4ccccc4O3)c2)c(OC)c1. The third-order valence-electron chi connectivity index (χ3n) is 4.50. The Morgan fingerprint density at radius 2 is 2.03 bits per heavy atom. The largest absolute Gasteiger partial charge is 0.497 e. The molecule has 2 heterocycles. The van der Waals surface area contributed by atoms with Gasteiger partial charge in [0.2, 0.25) is 0 Å². The lowest BCUT2D eigenvalue weighted by Crippen LogP contribution is -2.33. The first kappa shape index (κ1) is 18.7. The Morgan fingerprint density at radius 1 is 1.21 bits per heavy atom. The summed E-state index contributed by atoms with van der Waals surface area (Å²) in [5.41, 5.74) is 0.978. The normalized spacial score (nSPS) is 14.9. The van der Waals surface area contributed by atoms with Gasteiger partial charge in [0.15, 0.2) is 17.6 Å².